The molecule has 1 amide bonds. The van der Waals surface area contributed by atoms with Crippen molar-refractivity contribution in [2.75, 3.05) is 39.3 Å². The molecule has 0 aromatic carbocycles. The molecule has 0 radical (unpaired) electrons. The van der Waals surface area contributed by atoms with Gasteiger partial charge in [-0.2, -0.15) is 0 Å². The summed E-state index contributed by atoms with van der Waals surface area (Å²) in [7, 11) is 0. The summed E-state index contributed by atoms with van der Waals surface area (Å²) in [4.78, 5) is 21.1. The second-order valence-electron chi connectivity index (χ2n) is 6.95. The van der Waals surface area contributed by atoms with E-state index in [1.165, 1.54) is 0 Å². The van der Waals surface area contributed by atoms with E-state index in [9.17, 15) is 4.79 Å². The molecule has 7 heteroatoms. The Balaban J connectivity index is 0.00000576. The van der Waals surface area contributed by atoms with Crippen LogP contribution >= 0.6 is 24.0 Å². The van der Waals surface area contributed by atoms with E-state index in [4.69, 9.17) is 0 Å². The Bertz CT molecular complexity index is 387. The molecule has 0 atom stereocenters. The summed E-state index contributed by atoms with van der Waals surface area (Å²) in [6.45, 7) is 15.9. The molecule has 1 rings (SSSR count). The summed E-state index contributed by atoms with van der Waals surface area (Å²) in [5.41, 5.74) is 0. The van der Waals surface area contributed by atoms with Crippen LogP contribution in [0.1, 0.15) is 53.9 Å². The van der Waals surface area contributed by atoms with Crippen molar-refractivity contribution < 1.29 is 4.79 Å². The van der Waals surface area contributed by atoms with Crippen LogP contribution in [0.15, 0.2) is 4.99 Å². The lowest BCUT2D eigenvalue weighted by atomic mass is 10.2. The minimum atomic E-state index is 0. The largest absolute Gasteiger partial charge is 0.357 e. The normalized spacial score (nSPS) is 15.0. The Morgan fingerprint density at radius 1 is 1.12 bits per heavy atom. The van der Waals surface area contributed by atoms with Gasteiger partial charge in [-0.15, -0.1) is 24.0 Å². The van der Waals surface area contributed by atoms with Crippen LogP contribution in [0.4, 0.5) is 0 Å². The molecular weight excluding hydrogens is 429 g/mol. The van der Waals surface area contributed by atoms with Gasteiger partial charge in [-0.05, 0) is 47.5 Å². The molecule has 1 aliphatic rings. The molecule has 0 spiro atoms. The molecule has 0 aromatic rings. The van der Waals surface area contributed by atoms with E-state index in [1.807, 2.05) is 4.90 Å². The molecule has 0 saturated carbocycles. The molecule has 148 valence electrons. The van der Waals surface area contributed by atoms with E-state index in [1.54, 1.807) is 0 Å². The van der Waals surface area contributed by atoms with Gasteiger partial charge in [0.05, 0.1) is 6.54 Å². The first kappa shape index (κ1) is 24.4. The van der Waals surface area contributed by atoms with Crippen LogP contribution in [0, 0.1) is 0 Å². The van der Waals surface area contributed by atoms with Crippen LogP contribution in [0.3, 0.4) is 0 Å². The van der Waals surface area contributed by atoms with Crippen molar-refractivity contribution in [3.8, 4) is 0 Å². The average Bonchev–Trinajstić information content (AvgIpc) is 3.04. The van der Waals surface area contributed by atoms with E-state index in [2.05, 4.69) is 55.1 Å². The number of aliphatic imine (C=N–C) groups is 1. The Labute approximate surface area is 171 Å². The fourth-order valence-corrected chi connectivity index (χ4v) is 3.14. The second kappa shape index (κ2) is 13.6. The van der Waals surface area contributed by atoms with Gasteiger partial charge in [-0.3, -0.25) is 14.7 Å². The number of amides is 1. The highest BCUT2D eigenvalue weighted by Crippen LogP contribution is 2.08. The number of rotatable bonds is 9. The maximum absolute atomic E-state index is 12.1. The zero-order chi connectivity index (χ0) is 17.9. The van der Waals surface area contributed by atoms with E-state index in [0.29, 0.717) is 25.0 Å². The zero-order valence-corrected chi connectivity index (χ0v) is 19.0. The number of hydrogen-bond donors (Lipinski definition) is 2. The maximum Gasteiger partial charge on any atom is 0.224 e. The molecule has 25 heavy (non-hydrogen) atoms. The van der Waals surface area contributed by atoms with Crippen molar-refractivity contribution in [3.05, 3.63) is 0 Å². The van der Waals surface area contributed by atoms with Gasteiger partial charge in [-0.25, -0.2) is 0 Å². The topological polar surface area (TPSA) is 60.0 Å². The van der Waals surface area contributed by atoms with Gasteiger partial charge in [-0.1, -0.05) is 0 Å². The lowest BCUT2D eigenvalue weighted by molar-refractivity contribution is -0.129. The number of carbonyl (C=O) groups is 1. The summed E-state index contributed by atoms with van der Waals surface area (Å²) in [5.74, 6) is 1.06. The van der Waals surface area contributed by atoms with Gasteiger partial charge in [0.15, 0.2) is 5.96 Å². The Morgan fingerprint density at radius 3 is 2.24 bits per heavy atom. The quantitative estimate of drug-likeness (QED) is 0.311. The number of nitrogens with zero attached hydrogens (tertiary/aromatic N) is 3. The SMILES string of the molecule is CCNC(=NCCN(C(C)C)C(C)C)NCCC(=O)N1CCCC1.I. The van der Waals surface area contributed by atoms with Gasteiger partial charge >= 0.3 is 0 Å². The second-order valence-corrected chi connectivity index (χ2v) is 6.95. The molecule has 1 heterocycles. The molecule has 1 saturated heterocycles. The van der Waals surface area contributed by atoms with E-state index in [-0.39, 0.29) is 29.9 Å². The molecule has 1 fully saturated rings. The van der Waals surface area contributed by atoms with Crippen LogP contribution in [-0.2, 0) is 4.79 Å². The van der Waals surface area contributed by atoms with Gasteiger partial charge in [0.25, 0.3) is 0 Å². The van der Waals surface area contributed by atoms with Crippen LogP contribution in [0.25, 0.3) is 0 Å². The molecular formula is C18H38IN5O. The highest BCUT2D eigenvalue weighted by atomic mass is 127. The summed E-state index contributed by atoms with van der Waals surface area (Å²) in [5, 5.41) is 6.53. The van der Waals surface area contributed by atoms with Crippen LogP contribution in [0.2, 0.25) is 0 Å². The smallest absolute Gasteiger partial charge is 0.224 e. The minimum Gasteiger partial charge on any atom is -0.357 e. The maximum atomic E-state index is 12.1. The van der Waals surface area contributed by atoms with Crippen LogP contribution < -0.4 is 10.6 Å². The predicted octanol–water partition coefficient (Wildman–Crippen LogP) is 2.29. The monoisotopic (exact) mass is 467 g/mol. The summed E-state index contributed by atoms with van der Waals surface area (Å²) >= 11 is 0. The standard InChI is InChI=1S/C18H37N5O.HI/c1-6-19-18(21-11-14-23(15(2)3)16(4)5)20-10-9-17(24)22-12-7-8-13-22;/h15-16H,6-14H2,1-5H3,(H2,19,20,21);1H. The van der Waals surface area contributed by atoms with E-state index in [0.717, 1.165) is 51.5 Å². The summed E-state index contributed by atoms with van der Waals surface area (Å²) < 4.78 is 0. The molecule has 0 bridgehead atoms. The molecule has 0 aromatic heterocycles. The molecule has 1 aliphatic heterocycles. The van der Waals surface area contributed by atoms with Crippen molar-refractivity contribution in [1.29, 1.82) is 0 Å². The molecule has 2 N–H and O–H groups in total. The van der Waals surface area contributed by atoms with Crippen molar-refractivity contribution in [2.45, 2.75) is 66.0 Å². The Kier molecular flexibility index (Phi) is 13.3. The Hall–Kier alpha value is -0.570. The van der Waals surface area contributed by atoms with Crippen LogP contribution in [-0.4, -0.2) is 73.0 Å². The van der Waals surface area contributed by atoms with Crippen molar-refractivity contribution in [2.24, 2.45) is 4.99 Å². The van der Waals surface area contributed by atoms with E-state index >= 15 is 0 Å². The number of nitrogens with one attached hydrogen (secondary N) is 2. The average molecular weight is 467 g/mol. The Morgan fingerprint density at radius 2 is 1.72 bits per heavy atom. The third-order valence-electron chi connectivity index (χ3n) is 4.39. The van der Waals surface area contributed by atoms with Gasteiger partial charge in [0.1, 0.15) is 0 Å². The number of guanidine groups is 1. The van der Waals surface area contributed by atoms with Crippen molar-refractivity contribution >= 4 is 35.8 Å². The number of halogens is 1. The zero-order valence-electron chi connectivity index (χ0n) is 16.7. The lowest BCUT2D eigenvalue weighted by Gasteiger charge is -2.29. The lowest BCUT2D eigenvalue weighted by Crippen LogP contribution is -2.41. The highest BCUT2D eigenvalue weighted by Gasteiger charge is 2.17. The first-order valence-corrected chi connectivity index (χ1v) is 9.51. The van der Waals surface area contributed by atoms with Gasteiger partial charge in [0.2, 0.25) is 5.91 Å². The van der Waals surface area contributed by atoms with Gasteiger partial charge < -0.3 is 15.5 Å². The third kappa shape index (κ3) is 9.63. The fraction of sp³-hybridized carbons (Fsp3) is 0.889. The third-order valence-corrected chi connectivity index (χ3v) is 4.39. The first-order valence-electron chi connectivity index (χ1n) is 9.51. The molecule has 6 nitrogen and oxygen atoms in total. The predicted molar refractivity (Wildman–Crippen MR) is 117 cm³/mol. The summed E-state index contributed by atoms with van der Waals surface area (Å²) in [6, 6.07) is 1.04. The minimum absolute atomic E-state index is 0. The molecule has 0 unspecified atom stereocenters. The summed E-state index contributed by atoms with van der Waals surface area (Å²) in [6.07, 6.45) is 2.82. The fourth-order valence-electron chi connectivity index (χ4n) is 3.14. The van der Waals surface area contributed by atoms with Gasteiger partial charge in [0, 0.05) is 51.2 Å². The van der Waals surface area contributed by atoms with Crippen molar-refractivity contribution in [1.82, 2.24) is 20.4 Å². The number of hydrogen-bond acceptors (Lipinski definition) is 3. The first-order chi connectivity index (χ1) is 11.5. The number of carbonyl (C=O) groups excluding carboxylic acids is 1. The van der Waals surface area contributed by atoms with Crippen molar-refractivity contribution in [3.63, 3.8) is 0 Å². The highest BCUT2D eigenvalue weighted by molar-refractivity contribution is 14.0. The molecule has 0 aliphatic carbocycles. The van der Waals surface area contributed by atoms with Crippen LogP contribution in [0.5, 0.6) is 0 Å². The van der Waals surface area contributed by atoms with E-state index < -0.39 is 0 Å². The number of likely N-dealkylation sites (tertiary alicyclic amines) is 1.